The van der Waals surface area contributed by atoms with Crippen LogP contribution in [0, 0.1) is 5.82 Å². The fourth-order valence-corrected chi connectivity index (χ4v) is 2.44. The molecule has 0 bridgehead atoms. The lowest BCUT2D eigenvalue weighted by Gasteiger charge is -2.18. The summed E-state index contributed by atoms with van der Waals surface area (Å²) >= 11 is 0. The molecule has 0 fully saturated rings. The molecule has 108 valence electrons. The van der Waals surface area contributed by atoms with Crippen molar-refractivity contribution in [1.29, 1.82) is 0 Å². The second kappa shape index (κ2) is 9.96. The number of unbranched alkanes of at least 4 members (excludes halogenated alkanes) is 3. The van der Waals surface area contributed by atoms with Gasteiger partial charge in [0.1, 0.15) is 5.82 Å². The van der Waals surface area contributed by atoms with Crippen molar-refractivity contribution in [3.8, 4) is 0 Å². The standard InChI is InChI=1S/C17H28FN/c1-3-5-6-7-10-15(14-19-13-4-2)16-11-8-9-12-17(16)18/h8-9,11-12,15,19H,3-7,10,13-14H2,1-2H3. The topological polar surface area (TPSA) is 12.0 Å². The van der Waals surface area contributed by atoms with E-state index >= 15 is 0 Å². The molecular weight excluding hydrogens is 237 g/mol. The van der Waals surface area contributed by atoms with Crippen LogP contribution in [0.3, 0.4) is 0 Å². The van der Waals surface area contributed by atoms with Crippen molar-refractivity contribution in [3.05, 3.63) is 35.6 Å². The maximum atomic E-state index is 13.9. The SMILES string of the molecule is CCCCCCC(CNCCC)c1ccccc1F. The third-order valence-corrected chi connectivity index (χ3v) is 3.57. The molecule has 0 spiro atoms. The molecule has 1 rings (SSSR count). The zero-order chi connectivity index (χ0) is 13.9. The molecule has 0 radical (unpaired) electrons. The molecule has 1 N–H and O–H groups in total. The van der Waals surface area contributed by atoms with Gasteiger partial charge in [0.25, 0.3) is 0 Å². The highest BCUT2D eigenvalue weighted by Gasteiger charge is 2.14. The van der Waals surface area contributed by atoms with Gasteiger partial charge in [0.05, 0.1) is 0 Å². The van der Waals surface area contributed by atoms with Gasteiger partial charge in [0.2, 0.25) is 0 Å². The zero-order valence-corrected chi connectivity index (χ0v) is 12.4. The van der Waals surface area contributed by atoms with E-state index in [2.05, 4.69) is 19.2 Å². The van der Waals surface area contributed by atoms with Crippen molar-refractivity contribution in [3.63, 3.8) is 0 Å². The fraction of sp³-hybridized carbons (Fsp3) is 0.647. The van der Waals surface area contributed by atoms with Crippen LogP contribution >= 0.6 is 0 Å². The van der Waals surface area contributed by atoms with E-state index in [0.717, 1.165) is 31.5 Å². The van der Waals surface area contributed by atoms with Crippen LogP contribution in [0.15, 0.2) is 24.3 Å². The largest absolute Gasteiger partial charge is 0.316 e. The summed E-state index contributed by atoms with van der Waals surface area (Å²) in [7, 11) is 0. The highest BCUT2D eigenvalue weighted by Crippen LogP contribution is 2.24. The van der Waals surface area contributed by atoms with Crippen LogP contribution in [0.25, 0.3) is 0 Å². The van der Waals surface area contributed by atoms with Crippen LogP contribution in [-0.4, -0.2) is 13.1 Å². The molecule has 0 saturated carbocycles. The van der Waals surface area contributed by atoms with Crippen LogP contribution in [-0.2, 0) is 0 Å². The summed E-state index contributed by atoms with van der Waals surface area (Å²) in [5.41, 5.74) is 0.877. The molecule has 0 aromatic heterocycles. The van der Waals surface area contributed by atoms with Crippen molar-refractivity contribution in [2.75, 3.05) is 13.1 Å². The van der Waals surface area contributed by atoms with Crippen LogP contribution in [0.1, 0.15) is 63.9 Å². The fourth-order valence-electron chi connectivity index (χ4n) is 2.44. The number of nitrogens with one attached hydrogen (secondary N) is 1. The summed E-state index contributed by atoms with van der Waals surface area (Å²) in [5, 5.41) is 3.44. The number of hydrogen-bond acceptors (Lipinski definition) is 1. The van der Waals surface area contributed by atoms with Crippen LogP contribution in [0.2, 0.25) is 0 Å². The smallest absolute Gasteiger partial charge is 0.126 e. The quantitative estimate of drug-likeness (QED) is 0.595. The first-order chi connectivity index (χ1) is 9.29. The molecule has 1 aromatic rings. The molecule has 0 aliphatic rings. The summed E-state index contributed by atoms with van der Waals surface area (Å²) in [5.74, 6) is 0.255. The van der Waals surface area contributed by atoms with Crippen molar-refractivity contribution in [2.24, 2.45) is 0 Å². The minimum Gasteiger partial charge on any atom is -0.316 e. The van der Waals surface area contributed by atoms with Crippen LogP contribution in [0.4, 0.5) is 4.39 Å². The lowest BCUT2D eigenvalue weighted by Crippen LogP contribution is -2.23. The highest BCUT2D eigenvalue weighted by atomic mass is 19.1. The minimum atomic E-state index is -0.0544. The first kappa shape index (κ1) is 16.2. The van der Waals surface area contributed by atoms with Gasteiger partial charge in [-0.05, 0) is 36.9 Å². The van der Waals surface area contributed by atoms with Gasteiger partial charge >= 0.3 is 0 Å². The molecule has 1 atom stereocenters. The zero-order valence-electron chi connectivity index (χ0n) is 12.4. The number of rotatable bonds is 10. The molecule has 19 heavy (non-hydrogen) atoms. The monoisotopic (exact) mass is 265 g/mol. The van der Waals surface area contributed by atoms with Crippen molar-refractivity contribution < 1.29 is 4.39 Å². The molecule has 2 heteroatoms. The Morgan fingerprint density at radius 3 is 2.53 bits per heavy atom. The maximum Gasteiger partial charge on any atom is 0.126 e. The number of halogens is 1. The van der Waals surface area contributed by atoms with E-state index in [1.54, 1.807) is 12.1 Å². The van der Waals surface area contributed by atoms with Crippen molar-refractivity contribution in [2.45, 2.75) is 58.3 Å². The van der Waals surface area contributed by atoms with E-state index in [-0.39, 0.29) is 5.82 Å². The van der Waals surface area contributed by atoms with Gasteiger partial charge in [0.15, 0.2) is 0 Å². The lowest BCUT2D eigenvalue weighted by molar-refractivity contribution is 0.491. The molecular formula is C17H28FN. The second-order valence-corrected chi connectivity index (χ2v) is 5.27. The third kappa shape index (κ3) is 6.20. The Balaban J connectivity index is 2.55. The number of hydrogen-bond donors (Lipinski definition) is 1. The Kier molecular flexibility index (Phi) is 8.48. The first-order valence-corrected chi connectivity index (χ1v) is 7.74. The molecule has 1 aromatic carbocycles. The summed E-state index contributed by atoms with van der Waals surface area (Å²) in [6.45, 7) is 6.28. The highest BCUT2D eigenvalue weighted by molar-refractivity contribution is 5.22. The predicted molar refractivity (Wildman–Crippen MR) is 81.1 cm³/mol. The maximum absolute atomic E-state index is 13.9. The van der Waals surface area contributed by atoms with E-state index in [1.165, 1.54) is 25.7 Å². The lowest BCUT2D eigenvalue weighted by atomic mass is 9.92. The van der Waals surface area contributed by atoms with Gasteiger partial charge in [-0.25, -0.2) is 4.39 Å². The van der Waals surface area contributed by atoms with Crippen LogP contribution in [0.5, 0.6) is 0 Å². The Morgan fingerprint density at radius 1 is 1.05 bits per heavy atom. The Hall–Kier alpha value is -0.890. The van der Waals surface area contributed by atoms with Gasteiger partial charge in [0, 0.05) is 6.54 Å². The second-order valence-electron chi connectivity index (χ2n) is 5.27. The third-order valence-electron chi connectivity index (χ3n) is 3.57. The average Bonchev–Trinajstić information content (AvgIpc) is 2.42. The van der Waals surface area contributed by atoms with E-state index in [0.29, 0.717) is 5.92 Å². The van der Waals surface area contributed by atoms with E-state index in [1.807, 2.05) is 12.1 Å². The molecule has 1 nitrogen and oxygen atoms in total. The van der Waals surface area contributed by atoms with Gasteiger partial charge in [-0.1, -0.05) is 57.7 Å². The first-order valence-electron chi connectivity index (χ1n) is 7.74. The average molecular weight is 265 g/mol. The van der Waals surface area contributed by atoms with E-state index in [4.69, 9.17) is 0 Å². The molecule has 0 saturated heterocycles. The number of benzene rings is 1. The molecule has 1 unspecified atom stereocenters. The Labute approximate surface area is 117 Å². The Bertz CT molecular complexity index is 338. The van der Waals surface area contributed by atoms with Gasteiger partial charge in [-0.3, -0.25) is 0 Å². The summed E-state index contributed by atoms with van der Waals surface area (Å²) in [6.07, 6.45) is 7.19. The molecule has 0 heterocycles. The van der Waals surface area contributed by atoms with Crippen molar-refractivity contribution >= 4 is 0 Å². The van der Waals surface area contributed by atoms with Gasteiger partial charge in [-0.15, -0.1) is 0 Å². The molecule has 0 amide bonds. The van der Waals surface area contributed by atoms with E-state index < -0.39 is 0 Å². The van der Waals surface area contributed by atoms with Gasteiger partial charge in [-0.2, -0.15) is 0 Å². The van der Waals surface area contributed by atoms with E-state index in [9.17, 15) is 4.39 Å². The molecule has 0 aliphatic carbocycles. The Morgan fingerprint density at radius 2 is 1.84 bits per heavy atom. The summed E-state index contributed by atoms with van der Waals surface area (Å²) in [6, 6.07) is 7.23. The van der Waals surface area contributed by atoms with Crippen LogP contribution < -0.4 is 5.32 Å². The summed E-state index contributed by atoms with van der Waals surface area (Å²) in [4.78, 5) is 0. The normalized spacial score (nSPS) is 12.6. The molecule has 0 aliphatic heterocycles. The predicted octanol–water partition coefficient (Wildman–Crippen LogP) is 4.88. The van der Waals surface area contributed by atoms with Crippen molar-refractivity contribution in [1.82, 2.24) is 5.32 Å². The van der Waals surface area contributed by atoms with Gasteiger partial charge < -0.3 is 5.32 Å². The minimum absolute atomic E-state index is 0.0544. The summed E-state index contributed by atoms with van der Waals surface area (Å²) < 4.78 is 13.9.